The summed E-state index contributed by atoms with van der Waals surface area (Å²) in [5, 5.41) is 3.02. The van der Waals surface area contributed by atoms with Gasteiger partial charge in [0.2, 0.25) is 15.9 Å². The summed E-state index contributed by atoms with van der Waals surface area (Å²) in [5.74, 6) is 0.475. The summed E-state index contributed by atoms with van der Waals surface area (Å²) in [5.41, 5.74) is 1.12. The van der Waals surface area contributed by atoms with Crippen molar-refractivity contribution in [3.8, 4) is 0 Å². The summed E-state index contributed by atoms with van der Waals surface area (Å²) in [4.78, 5) is 14.2. The maximum Gasteiger partial charge on any atom is 0.243 e. The lowest BCUT2D eigenvalue weighted by Gasteiger charge is -2.34. The summed E-state index contributed by atoms with van der Waals surface area (Å²) >= 11 is 0. The molecule has 1 N–H and O–H groups in total. The lowest BCUT2D eigenvalue weighted by atomic mass is 10.0. The van der Waals surface area contributed by atoms with Crippen molar-refractivity contribution < 1.29 is 13.2 Å². The molecule has 0 aromatic heterocycles. The van der Waals surface area contributed by atoms with Gasteiger partial charge >= 0.3 is 0 Å². The molecule has 1 heterocycles. The third kappa shape index (κ3) is 5.03. The van der Waals surface area contributed by atoms with E-state index in [1.807, 2.05) is 19.2 Å². The number of benzene rings is 1. The van der Waals surface area contributed by atoms with Gasteiger partial charge in [-0.2, -0.15) is 4.31 Å². The minimum Gasteiger partial charge on any atom is -0.340 e. The molecular weight excluding hydrogens is 338 g/mol. The van der Waals surface area contributed by atoms with Crippen LogP contribution in [-0.4, -0.2) is 63.3 Å². The molecule has 0 atom stereocenters. The summed E-state index contributed by atoms with van der Waals surface area (Å²) in [7, 11) is -1.63. The molecule has 0 bridgehead atoms. The molecule has 0 spiro atoms. The van der Waals surface area contributed by atoms with Gasteiger partial charge in [0.25, 0.3) is 0 Å². The van der Waals surface area contributed by atoms with E-state index in [0.717, 1.165) is 18.5 Å². The van der Waals surface area contributed by atoms with E-state index in [2.05, 4.69) is 19.2 Å². The van der Waals surface area contributed by atoms with Crippen LogP contribution >= 0.6 is 0 Å². The molecule has 0 radical (unpaired) electrons. The Morgan fingerprint density at radius 3 is 2.24 bits per heavy atom. The van der Waals surface area contributed by atoms with Gasteiger partial charge in [0, 0.05) is 32.6 Å². The Bertz CT molecular complexity index is 663. The number of carbonyl (C=O) groups is 1. The minimum atomic E-state index is -3.49. The highest BCUT2D eigenvalue weighted by Gasteiger charge is 2.29. The van der Waals surface area contributed by atoms with Crippen molar-refractivity contribution in [2.24, 2.45) is 0 Å². The average Bonchev–Trinajstić information content (AvgIpc) is 2.62. The molecule has 0 unspecified atom stereocenters. The topological polar surface area (TPSA) is 69.7 Å². The van der Waals surface area contributed by atoms with E-state index in [4.69, 9.17) is 0 Å². The summed E-state index contributed by atoms with van der Waals surface area (Å²) in [6, 6.07) is 7.11. The highest BCUT2D eigenvalue weighted by Crippen LogP contribution is 2.21. The van der Waals surface area contributed by atoms with Crippen LogP contribution in [0.1, 0.15) is 38.2 Å². The number of hydrogen-bond donors (Lipinski definition) is 1. The molecular formula is C18H29N3O3S. The van der Waals surface area contributed by atoms with Crippen LogP contribution in [-0.2, 0) is 14.8 Å². The quantitative estimate of drug-likeness (QED) is 0.744. The first kappa shape index (κ1) is 19.9. The molecule has 6 nitrogen and oxygen atoms in total. The molecule has 1 aromatic rings. The number of sulfonamides is 1. The Labute approximate surface area is 151 Å². The van der Waals surface area contributed by atoms with Gasteiger partial charge in [-0.3, -0.25) is 4.79 Å². The third-order valence-electron chi connectivity index (χ3n) is 4.59. The van der Waals surface area contributed by atoms with Crippen LogP contribution in [0, 0.1) is 0 Å². The molecule has 140 valence electrons. The number of nitrogens with one attached hydrogen (secondary N) is 1. The van der Waals surface area contributed by atoms with Gasteiger partial charge in [-0.15, -0.1) is 0 Å². The average molecular weight is 368 g/mol. The van der Waals surface area contributed by atoms with Gasteiger partial charge in [0.1, 0.15) is 0 Å². The van der Waals surface area contributed by atoms with E-state index in [0.29, 0.717) is 43.4 Å². The maximum atomic E-state index is 12.8. The first-order valence-electron chi connectivity index (χ1n) is 8.88. The fourth-order valence-corrected chi connectivity index (χ4v) is 4.35. The summed E-state index contributed by atoms with van der Waals surface area (Å²) in [6.07, 6.45) is 1.31. The van der Waals surface area contributed by atoms with E-state index >= 15 is 0 Å². The predicted octanol–water partition coefficient (Wildman–Crippen LogP) is 1.64. The maximum absolute atomic E-state index is 12.8. The third-order valence-corrected chi connectivity index (χ3v) is 6.51. The first-order chi connectivity index (χ1) is 11.9. The van der Waals surface area contributed by atoms with Crippen LogP contribution in [0.5, 0.6) is 0 Å². The van der Waals surface area contributed by atoms with Crippen molar-refractivity contribution in [3.05, 3.63) is 29.8 Å². The number of hydrogen-bond acceptors (Lipinski definition) is 4. The molecule has 7 heteroatoms. The Balaban J connectivity index is 1.95. The standard InChI is InChI=1S/C18H29N3O3S/c1-15(2)16-6-8-17(9-7-16)25(23,24)21-13-11-20(12-14-21)18(22)5-4-10-19-3/h6-9,15,19H,4-5,10-14H2,1-3H3. The molecule has 1 amide bonds. The predicted molar refractivity (Wildman–Crippen MR) is 99.0 cm³/mol. The Hall–Kier alpha value is -1.44. The van der Waals surface area contributed by atoms with Crippen LogP contribution in [0.2, 0.25) is 0 Å². The molecule has 1 fully saturated rings. The zero-order valence-corrected chi connectivity index (χ0v) is 16.2. The van der Waals surface area contributed by atoms with E-state index in [1.165, 1.54) is 4.31 Å². The second-order valence-corrected chi connectivity index (χ2v) is 8.65. The highest BCUT2D eigenvalue weighted by molar-refractivity contribution is 7.89. The number of nitrogens with zero attached hydrogens (tertiary/aromatic N) is 2. The molecule has 1 aromatic carbocycles. The Morgan fingerprint density at radius 1 is 1.12 bits per heavy atom. The van der Waals surface area contributed by atoms with Crippen molar-refractivity contribution in [1.82, 2.24) is 14.5 Å². The second-order valence-electron chi connectivity index (χ2n) is 6.72. The highest BCUT2D eigenvalue weighted by atomic mass is 32.2. The van der Waals surface area contributed by atoms with Gasteiger partial charge in [0.05, 0.1) is 4.90 Å². The van der Waals surface area contributed by atoms with Crippen molar-refractivity contribution in [1.29, 1.82) is 0 Å². The molecule has 1 aliphatic rings. The molecule has 25 heavy (non-hydrogen) atoms. The number of rotatable bonds is 7. The molecule has 1 saturated heterocycles. The molecule has 2 rings (SSSR count). The van der Waals surface area contributed by atoms with Gasteiger partial charge in [0.15, 0.2) is 0 Å². The Morgan fingerprint density at radius 2 is 1.72 bits per heavy atom. The molecule has 0 aliphatic carbocycles. The number of carbonyl (C=O) groups excluding carboxylic acids is 1. The van der Waals surface area contributed by atoms with Crippen molar-refractivity contribution in [3.63, 3.8) is 0 Å². The van der Waals surface area contributed by atoms with E-state index in [-0.39, 0.29) is 5.91 Å². The smallest absolute Gasteiger partial charge is 0.243 e. The second kappa shape index (κ2) is 8.78. The summed E-state index contributed by atoms with van der Waals surface area (Å²) in [6.45, 7) is 6.60. The van der Waals surface area contributed by atoms with Gasteiger partial charge in [-0.1, -0.05) is 26.0 Å². The monoisotopic (exact) mass is 367 g/mol. The summed E-state index contributed by atoms with van der Waals surface area (Å²) < 4.78 is 27.0. The van der Waals surface area contributed by atoms with Gasteiger partial charge < -0.3 is 10.2 Å². The Kier molecular flexibility index (Phi) is 6.98. The van der Waals surface area contributed by atoms with Gasteiger partial charge in [-0.05, 0) is 43.6 Å². The fourth-order valence-electron chi connectivity index (χ4n) is 2.93. The van der Waals surface area contributed by atoms with Crippen LogP contribution < -0.4 is 5.32 Å². The van der Waals surface area contributed by atoms with E-state index in [9.17, 15) is 13.2 Å². The van der Waals surface area contributed by atoms with Crippen LogP contribution in [0.3, 0.4) is 0 Å². The zero-order valence-electron chi connectivity index (χ0n) is 15.4. The minimum absolute atomic E-state index is 0.105. The van der Waals surface area contributed by atoms with Crippen molar-refractivity contribution in [2.75, 3.05) is 39.8 Å². The SMILES string of the molecule is CNCCCC(=O)N1CCN(S(=O)(=O)c2ccc(C(C)C)cc2)CC1. The number of piperazine rings is 1. The molecule has 1 aliphatic heterocycles. The van der Waals surface area contributed by atoms with Crippen molar-refractivity contribution in [2.45, 2.75) is 37.5 Å². The van der Waals surface area contributed by atoms with Crippen LogP contribution in [0.4, 0.5) is 0 Å². The lowest BCUT2D eigenvalue weighted by Crippen LogP contribution is -2.50. The molecule has 0 saturated carbocycles. The largest absolute Gasteiger partial charge is 0.340 e. The fraction of sp³-hybridized carbons (Fsp3) is 0.611. The van der Waals surface area contributed by atoms with Crippen LogP contribution in [0.15, 0.2) is 29.2 Å². The van der Waals surface area contributed by atoms with Crippen molar-refractivity contribution >= 4 is 15.9 Å². The van der Waals surface area contributed by atoms with E-state index < -0.39 is 10.0 Å². The first-order valence-corrected chi connectivity index (χ1v) is 10.3. The normalized spacial score (nSPS) is 16.4. The van der Waals surface area contributed by atoms with E-state index in [1.54, 1.807) is 17.0 Å². The van der Waals surface area contributed by atoms with Gasteiger partial charge in [-0.25, -0.2) is 8.42 Å². The zero-order chi connectivity index (χ0) is 18.4. The number of amides is 1. The van der Waals surface area contributed by atoms with Crippen LogP contribution in [0.25, 0.3) is 0 Å². The lowest BCUT2D eigenvalue weighted by molar-refractivity contribution is -0.132.